The van der Waals surface area contributed by atoms with Gasteiger partial charge in [0.05, 0.1) is 13.2 Å². The predicted molar refractivity (Wildman–Crippen MR) is 95.2 cm³/mol. The van der Waals surface area contributed by atoms with E-state index in [0.717, 1.165) is 5.56 Å². The normalized spacial score (nSPS) is 16.0. The molecule has 5 nitrogen and oxygen atoms in total. The molecule has 0 N–H and O–H groups in total. The Kier molecular flexibility index (Phi) is 5.49. The zero-order chi connectivity index (χ0) is 18.5. The monoisotopic (exact) mass is 353 g/mol. The van der Waals surface area contributed by atoms with Crippen LogP contribution in [0, 0.1) is 17.1 Å². The largest absolute Gasteiger partial charge is 0.497 e. The average molecular weight is 353 g/mol. The molecule has 0 aromatic heterocycles. The van der Waals surface area contributed by atoms with Crippen LogP contribution in [-0.4, -0.2) is 49.0 Å². The van der Waals surface area contributed by atoms with Crippen LogP contribution in [0.2, 0.25) is 0 Å². The number of rotatable bonds is 4. The van der Waals surface area contributed by atoms with Gasteiger partial charge in [0.2, 0.25) is 0 Å². The van der Waals surface area contributed by atoms with Gasteiger partial charge in [-0.05, 0) is 35.9 Å². The molecule has 1 saturated heterocycles. The van der Waals surface area contributed by atoms with Crippen molar-refractivity contribution in [2.75, 3.05) is 33.3 Å². The number of piperazine rings is 1. The number of hydrogen-bond donors (Lipinski definition) is 0. The van der Waals surface area contributed by atoms with Crippen molar-refractivity contribution in [2.45, 2.75) is 6.04 Å². The molecule has 1 heterocycles. The maximum atomic E-state index is 13.1. The van der Waals surface area contributed by atoms with Gasteiger partial charge in [-0.2, -0.15) is 5.26 Å². The highest BCUT2D eigenvalue weighted by molar-refractivity contribution is 5.94. The molecule has 1 unspecified atom stereocenters. The molecule has 0 radical (unpaired) electrons. The first-order valence-corrected chi connectivity index (χ1v) is 8.45. The van der Waals surface area contributed by atoms with Crippen molar-refractivity contribution in [2.24, 2.45) is 0 Å². The summed E-state index contributed by atoms with van der Waals surface area (Å²) in [7, 11) is 1.57. The van der Waals surface area contributed by atoms with Crippen molar-refractivity contribution in [3.63, 3.8) is 0 Å². The van der Waals surface area contributed by atoms with Crippen LogP contribution in [0.4, 0.5) is 4.39 Å². The van der Waals surface area contributed by atoms with E-state index in [1.807, 2.05) is 4.90 Å². The fourth-order valence-electron chi connectivity index (χ4n) is 3.13. The maximum absolute atomic E-state index is 13.1. The first-order chi connectivity index (χ1) is 12.6. The Hall–Kier alpha value is -2.91. The molecule has 26 heavy (non-hydrogen) atoms. The molecule has 134 valence electrons. The van der Waals surface area contributed by atoms with Crippen LogP contribution in [0.3, 0.4) is 0 Å². The molecule has 3 rings (SSSR count). The van der Waals surface area contributed by atoms with Crippen molar-refractivity contribution >= 4 is 5.91 Å². The Labute approximate surface area is 152 Å². The molecule has 1 amide bonds. The van der Waals surface area contributed by atoms with E-state index in [0.29, 0.717) is 37.5 Å². The number of amides is 1. The molecule has 2 aromatic carbocycles. The fourth-order valence-corrected chi connectivity index (χ4v) is 3.13. The molecule has 2 aromatic rings. The highest BCUT2D eigenvalue weighted by Gasteiger charge is 2.27. The molecule has 1 fully saturated rings. The van der Waals surface area contributed by atoms with Gasteiger partial charge < -0.3 is 9.64 Å². The Balaban J connectivity index is 1.65. The summed E-state index contributed by atoms with van der Waals surface area (Å²) in [4.78, 5) is 16.5. The number of methoxy groups -OCH3 is 1. The van der Waals surface area contributed by atoms with E-state index in [-0.39, 0.29) is 11.7 Å². The predicted octanol–water partition coefficient (Wildman–Crippen LogP) is 2.86. The number of carbonyl (C=O) groups excluding carboxylic acids is 1. The lowest BCUT2D eigenvalue weighted by Gasteiger charge is -2.37. The molecule has 0 spiro atoms. The number of hydrogen-bond acceptors (Lipinski definition) is 4. The number of halogens is 1. The Morgan fingerprint density at radius 1 is 1.15 bits per heavy atom. The second-order valence-electron chi connectivity index (χ2n) is 6.14. The quantitative estimate of drug-likeness (QED) is 0.848. The van der Waals surface area contributed by atoms with Crippen molar-refractivity contribution in [1.82, 2.24) is 9.80 Å². The number of benzene rings is 2. The third-order valence-electron chi connectivity index (χ3n) is 4.59. The van der Waals surface area contributed by atoms with E-state index in [1.54, 1.807) is 48.4 Å². The topological polar surface area (TPSA) is 56.6 Å². The minimum absolute atomic E-state index is 0.0427. The second kappa shape index (κ2) is 7.98. The van der Waals surface area contributed by atoms with Crippen LogP contribution in [0.1, 0.15) is 22.0 Å². The van der Waals surface area contributed by atoms with E-state index < -0.39 is 6.04 Å². The molecule has 1 aliphatic heterocycles. The van der Waals surface area contributed by atoms with Crippen molar-refractivity contribution < 1.29 is 13.9 Å². The summed E-state index contributed by atoms with van der Waals surface area (Å²) in [5.74, 6) is 0.285. The smallest absolute Gasteiger partial charge is 0.254 e. The molecule has 6 heteroatoms. The van der Waals surface area contributed by atoms with Crippen molar-refractivity contribution in [3.8, 4) is 11.8 Å². The fraction of sp³-hybridized carbons (Fsp3) is 0.300. The minimum Gasteiger partial charge on any atom is -0.497 e. The lowest BCUT2D eigenvalue weighted by molar-refractivity contribution is 0.0606. The minimum atomic E-state index is -0.440. The zero-order valence-electron chi connectivity index (χ0n) is 14.6. The lowest BCUT2D eigenvalue weighted by atomic mass is 10.1. The molecule has 0 aliphatic carbocycles. The maximum Gasteiger partial charge on any atom is 0.254 e. The van der Waals surface area contributed by atoms with Gasteiger partial charge in [-0.25, -0.2) is 4.39 Å². The highest BCUT2D eigenvalue weighted by atomic mass is 19.1. The van der Waals surface area contributed by atoms with Gasteiger partial charge in [-0.1, -0.05) is 18.2 Å². The van der Waals surface area contributed by atoms with Gasteiger partial charge >= 0.3 is 0 Å². The molecule has 1 atom stereocenters. The Morgan fingerprint density at radius 3 is 2.46 bits per heavy atom. The van der Waals surface area contributed by atoms with E-state index in [1.165, 1.54) is 12.1 Å². The highest BCUT2D eigenvalue weighted by Crippen LogP contribution is 2.23. The van der Waals surface area contributed by atoms with Crippen molar-refractivity contribution in [1.29, 1.82) is 5.26 Å². The third-order valence-corrected chi connectivity index (χ3v) is 4.59. The lowest BCUT2D eigenvalue weighted by Crippen LogP contribution is -2.49. The summed E-state index contributed by atoms with van der Waals surface area (Å²) in [6, 6.07) is 14.9. The van der Waals surface area contributed by atoms with E-state index >= 15 is 0 Å². The average Bonchev–Trinajstić information content (AvgIpc) is 2.70. The van der Waals surface area contributed by atoms with Crippen LogP contribution in [0.25, 0.3) is 0 Å². The van der Waals surface area contributed by atoms with Gasteiger partial charge in [0.1, 0.15) is 17.6 Å². The number of carbonyl (C=O) groups is 1. The van der Waals surface area contributed by atoms with Crippen LogP contribution < -0.4 is 4.74 Å². The molecule has 1 aliphatic rings. The number of nitrogens with zero attached hydrogens (tertiary/aromatic N) is 3. The zero-order valence-corrected chi connectivity index (χ0v) is 14.6. The summed E-state index contributed by atoms with van der Waals surface area (Å²) in [5.41, 5.74) is 1.36. The van der Waals surface area contributed by atoms with Crippen LogP contribution in [-0.2, 0) is 0 Å². The van der Waals surface area contributed by atoms with E-state index in [2.05, 4.69) is 6.07 Å². The van der Waals surface area contributed by atoms with Gasteiger partial charge in [0, 0.05) is 31.7 Å². The van der Waals surface area contributed by atoms with Gasteiger partial charge in [-0.3, -0.25) is 9.69 Å². The SMILES string of the molecule is COc1cccc(C(=O)N2CCN(C(C#N)c3ccc(F)cc3)CC2)c1. The molecule has 0 saturated carbocycles. The summed E-state index contributed by atoms with van der Waals surface area (Å²) in [5, 5.41) is 9.53. The van der Waals surface area contributed by atoms with Gasteiger partial charge in [0.25, 0.3) is 5.91 Å². The summed E-state index contributed by atoms with van der Waals surface area (Å²) < 4.78 is 18.3. The van der Waals surface area contributed by atoms with Crippen LogP contribution >= 0.6 is 0 Å². The first-order valence-electron chi connectivity index (χ1n) is 8.45. The van der Waals surface area contributed by atoms with Crippen molar-refractivity contribution in [3.05, 3.63) is 65.5 Å². The summed E-state index contributed by atoms with van der Waals surface area (Å²) in [6.45, 7) is 2.25. The molecular formula is C20H20FN3O2. The number of ether oxygens (including phenoxy) is 1. The Bertz CT molecular complexity index is 809. The van der Waals surface area contributed by atoms with Crippen LogP contribution in [0.15, 0.2) is 48.5 Å². The van der Waals surface area contributed by atoms with Gasteiger partial charge in [0.15, 0.2) is 0 Å². The Morgan fingerprint density at radius 2 is 1.85 bits per heavy atom. The van der Waals surface area contributed by atoms with Crippen LogP contribution in [0.5, 0.6) is 5.75 Å². The molecular weight excluding hydrogens is 333 g/mol. The van der Waals surface area contributed by atoms with E-state index in [9.17, 15) is 14.4 Å². The first kappa shape index (κ1) is 17.9. The number of nitriles is 1. The molecule has 0 bridgehead atoms. The van der Waals surface area contributed by atoms with E-state index in [4.69, 9.17) is 4.74 Å². The van der Waals surface area contributed by atoms with Gasteiger partial charge in [-0.15, -0.1) is 0 Å². The second-order valence-corrected chi connectivity index (χ2v) is 6.14. The summed E-state index contributed by atoms with van der Waals surface area (Å²) in [6.07, 6.45) is 0. The third kappa shape index (κ3) is 3.84. The summed E-state index contributed by atoms with van der Waals surface area (Å²) >= 11 is 0. The standard InChI is InChI=1S/C20H20FN3O2/c1-26-18-4-2-3-16(13-18)20(25)24-11-9-23(10-12-24)19(14-22)15-5-7-17(21)8-6-15/h2-8,13,19H,9-12H2,1H3.